The van der Waals surface area contributed by atoms with Crippen molar-refractivity contribution in [2.45, 2.75) is 32.7 Å². The second-order valence-corrected chi connectivity index (χ2v) is 6.36. The van der Waals surface area contributed by atoms with Crippen LogP contribution in [-0.2, 0) is 5.54 Å². The maximum Gasteiger partial charge on any atom is 0.320 e. The summed E-state index contributed by atoms with van der Waals surface area (Å²) >= 11 is 1.52. The molecule has 0 saturated carbocycles. The number of benzene rings is 1. The summed E-state index contributed by atoms with van der Waals surface area (Å²) in [5.41, 5.74) is 6.47. The molecule has 1 aromatic carbocycles. The Bertz CT molecular complexity index is 728. The van der Waals surface area contributed by atoms with Crippen LogP contribution in [0.4, 0.5) is 10.5 Å². The van der Waals surface area contributed by atoms with E-state index < -0.39 is 11.4 Å². The van der Waals surface area contributed by atoms with Crippen LogP contribution in [0.15, 0.2) is 29.6 Å². The van der Waals surface area contributed by atoms with Gasteiger partial charge in [0, 0.05) is 22.3 Å². The first-order valence-electron chi connectivity index (χ1n) is 7.25. The molecular formula is C16H20N4O2S. The molecule has 0 radical (unpaired) electrons. The van der Waals surface area contributed by atoms with E-state index in [0.717, 1.165) is 10.7 Å². The molecule has 7 heteroatoms. The molecule has 0 aliphatic heterocycles. The zero-order valence-electron chi connectivity index (χ0n) is 13.3. The molecule has 0 aliphatic rings. The molecule has 1 aromatic heterocycles. The van der Waals surface area contributed by atoms with Crippen LogP contribution < -0.4 is 16.4 Å². The number of nitrogens with two attached hydrogens (primary N) is 1. The van der Waals surface area contributed by atoms with Crippen LogP contribution in [0.25, 0.3) is 0 Å². The molecule has 2 rings (SSSR count). The molecule has 0 bridgehead atoms. The summed E-state index contributed by atoms with van der Waals surface area (Å²) in [6.45, 7) is 5.85. The molecule has 2 aromatic rings. The lowest BCUT2D eigenvalue weighted by Gasteiger charge is -2.27. The second-order valence-electron chi connectivity index (χ2n) is 5.50. The molecule has 23 heavy (non-hydrogen) atoms. The van der Waals surface area contributed by atoms with Crippen molar-refractivity contribution in [3.63, 3.8) is 0 Å². The Kier molecular flexibility index (Phi) is 5.00. The van der Waals surface area contributed by atoms with Crippen molar-refractivity contribution in [2.75, 3.05) is 5.32 Å². The third kappa shape index (κ3) is 4.07. The molecule has 0 fully saturated rings. The zero-order chi connectivity index (χ0) is 17.0. The third-order valence-electron chi connectivity index (χ3n) is 3.59. The SMILES string of the molecule is CCC(C)(NC(=O)Nc1cccc(C(N)=O)c1)c1nc(C)cs1. The predicted molar refractivity (Wildman–Crippen MR) is 91.6 cm³/mol. The quantitative estimate of drug-likeness (QED) is 0.785. The van der Waals surface area contributed by atoms with E-state index in [2.05, 4.69) is 15.6 Å². The van der Waals surface area contributed by atoms with Crippen LogP contribution >= 0.6 is 11.3 Å². The summed E-state index contributed by atoms with van der Waals surface area (Å²) in [7, 11) is 0. The summed E-state index contributed by atoms with van der Waals surface area (Å²) in [6.07, 6.45) is 0.703. The minimum atomic E-state index is -0.551. The number of primary amides is 1. The first-order valence-corrected chi connectivity index (χ1v) is 8.13. The van der Waals surface area contributed by atoms with Gasteiger partial charge in [-0.2, -0.15) is 0 Å². The molecule has 6 nitrogen and oxygen atoms in total. The maximum absolute atomic E-state index is 12.3. The van der Waals surface area contributed by atoms with E-state index in [-0.39, 0.29) is 6.03 Å². The number of urea groups is 1. The number of nitrogens with one attached hydrogen (secondary N) is 2. The van der Waals surface area contributed by atoms with Crippen LogP contribution in [0.3, 0.4) is 0 Å². The van der Waals surface area contributed by atoms with Gasteiger partial charge in [0.05, 0.1) is 5.54 Å². The number of thiazole rings is 1. The number of anilines is 1. The number of rotatable bonds is 5. The van der Waals surface area contributed by atoms with Crippen LogP contribution in [0.5, 0.6) is 0 Å². The van der Waals surface area contributed by atoms with Gasteiger partial charge in [-0.25, -0.2) is 9.78 Å². The normalized spacial score (nSPS) is 13.2. The van der Waals surface area contributed by atoms with Gasteiger partial charge in [0.1, 0.15) is 5.01 Å². The first kappa shape index (κ1) is 17.0. The number of aryl methyl sites for hydroxylation is 1. The van der Waals surface area contributed by atoms with Crippen LogP contribution in [0, 0.1) is 6.92 Å². The van der Waals surface area contributed by atoms with E-state index in [1.54, 1.807) is 24.3 Å². The number of carbonyl (C=O) groups excluding carboxylic acids is 2. The van der Waals surface area contributed by atoms with E-state index >= 15 is 0 Å². The second kappa shape index (κ2) is 6.78. The predicted octanol–water partition coefficient (Wildman–Crippen LogP) is 3.00. The van der Waals surface area contributed by atoms with Gasteiger partial charge in [0.15, 0.2) is 0 Å². The molecule has 4 N–H and O–H groups in total. The largest absolute Gasteiger partial charge is 0.366 e. The monoisotopic (exact) mass is 332 g/mol. The lowest BCUT2D eigenvalue weighted by molar-refractivity contribution is 0.1000. The summed E-state index contributed by atoms with van der Waals surface area (Å²) < 4.78 is 0. The van der Waals surface area contributed by atoms with Gasteiger partial charge in [-0.15, -0.1) is 11.3 Å². The Hall–Kier alpha value is -2.41. The topological polar surface area (TPSA) is 97.1 Å². The molecule has 0 aliphatic carbocycles. The zero-order valence-corrected chi connectivity index (χ0v) is 14.2. The maximum atomic E-state index is 12.3. The minimum Gasteiger partial charge on any atom is -0.366 e. The van der Waals surface area contributed by atoms with Crippen molar-refractivity contribution in [1.29, 1.82) is 0 Å². The molecule has 0 spiro atoms. The standard InChI is InChI=1S/C16H20N4O2S/c1-4-16(3,14-18-10(2)9-23-14)20-15(22)19-12-7-5-6-11(8-12)13(17)21/h5-9H,4H2,1-3H3,(H2,17,21)(H2,19,20,22). The fourth-order valence-electron chi connectivity index (χ4n) is 2.06. The van der Waals surface area contributed by atoms with Crippen molar-refractivity contribution >= 4 is 29.0 Å². The third-order valence-corrected chi connectivity index (χ3v) is 4.82. The molecule has 3 amide bonds. The van der Waals surface area contributed by atoms with Crippen LogP contribution in [0.1, 0.15) is 41.3 Å². The Morgan fingerprint density at radius 2 is 2.13 bits per heavy atom. The number of nitrogens with zero attached hydrogens (tertiary/aromatic N) is 1. The Labute approximate surface area is 139 Å². The summed E-state index contributed by atoms with van der Waals surface area (Å²) in [6, 6.07) is 6.14. The van der Waals surface area contributed by atoms with E-state index in [9.17, 15) is 9.59 Å². The van der Waals surface area contributed by atoms with Gasteiger partial charge < -0.3 is 16.4 Å². The van der Waals surface area contributed by atoms with Crippen LogP contribution in [-0.4, -0.2) is 16.9 Å². The van der Waals surface area contributed by atoms with Crippen LogP contribution in [0.2, 0.25) is 0 Å². The first-order chi connectivity index (χ1) is 10.8. The molecule has 122 valence electrons. The molecule has 1 unspecified atom stereocenters. The van der Waals surface area contributed by atoms with Gasteiger partial charge in [0.2, 0.25) is 5.91 Å². The average molecular weight is 332 g/mol. The number of hydrogen-bond acceptors (Lipinski definition) is 4. The Balaban J connectivity index is 2.11. The van der Waals surface area contributed by atoms with Crippen molar-refractivity contribution < 1.29 is 9.59 Å². The van der Waals surface area contributed by atoms with Gasteiger partial charge in [-0.1, -0.05) is 13.0 Å². The van der Waals surface area contributed by atoms with Gasteiger partial charge in [-0.05, 0) is 38.5 Å². The van der Waals surface area contributed by atoms with Gasteiger partial charge >= 0.3 is 6.03 Å². The highest BCUT2D eigenvalue weighted by atomic mass is 32.1. The minimum absolute atomic E-state index is 0.344. The highest BCUT2D eigenvalue weighted by molar-refractivity contribution is 7.09. The van der Waals surface area contributed by atoms with E-state index in [1.165, 1.54) is 11.3 Å². The van der Waals surface area contributed by atoms with E-state index in [0.29, 0.717) is 17.7 Å². The summed E-state index contributed by atoms with van der Waals surface area (Å²) in [4.78, 5) is 27.9. The number of amides is 3. The molecule has 0 saturated heterocycles. The highest BCUT2D eigenvalue weighted by Gasteiger charge is 2.29. The number of hydrogen-bond donors (Lipinski definition) is 3. The molecule has 1 atom stereocenters. The van der Waals surface area contributed by atoms with Gasteiger partial charge in [0.25, 0.3) is 0 Å². The fraction of sp³-hybridized carbons (Fsp3) is 0.312. The molecule has 1 heterocycles. The lowest BCUT2D eigenvalue weighted by atomic mass is 10.0. The van der Waals surface area contributed by atoms with E-state index in [4.69, 9.17) is 5.73 Å². The summed E-state index contributed by atoms with van der Waals surface area (Å²) in [5, 5.41) is 8.49. The van der Waals surface area contributed by atoms with Crippen molar-refractivity contribution in [3.05, 3.63) is 45.9 Å². The molecular weight excluding hydrogens is 312 g/mol. The van der Waals surface area contributed by atoms with Gasteiger partial charge in [-0.3, -0.25) is 4.79 Å². The average Bonchev–Trinajstić information content (AvgIpc) is 2.94. The van der Waals surface area contributed by atoms with Crippen molar-refractivity contribution in [2.24, 2.45) is 5.73 Å². The Morgan fingerprint density at radius 3 is 2.70 bits per heavy atom. The highest BCUT2D eigenvalue weighted by Crippen LogP contribution is 2.27. The van der Waals surface area contributed by atoms with E-state index in [1.807, 2.05) is 26.2 Å². The smallest absolute Gasteiger partial charge is 0.320 e. The lowest BCUT2D eigenvalue weighted by Crippen LogP contribution is -2.45. The Morgan fingerprint density at radius 1 is 1.39 bits per heavy atom. The van der Waals surface area contributed by atoms with Crippen molar-refractivity contribution in [1.82, 2.24) is 10.3 Å². The van der Waals surface area contributed by atoms with Crippen molar-refractivity contribution in [3.8, 4) is 0 Å². The number of carbonyl (C=O) groups is 2. The fourth-order valence-corrected chi connectivity index (χ4v) is 3.05. The summed E-state index contributed by atoms with van der Waals surface area (Å²) in [5.74, 6) is -0.536. The number of aromatic nitrogens is 1.